The first-order valence-corrected chi connectivity index (χ1v) is 14.7. The molecule has 5 heteroatoms. The number of hydrogen-bond acceptors (Lipinski definition) is 4. The summed E-state index contributed by atoms with van der Waals surface area (Å²) in [4.78, 5) is 10.4. The van der Waals surface area contributed by atoms with Crippen molar-refractivity contribution in [2.75, 3.05) is 0 Å². The van der Waals surface area contributed by atoms with Gasteiger partial charge in [-0.3, -0.25) is 4.40 Å². The van der Waals surface area contributed by atoms with Gasteiger partial charge in [0.05, 0.1) is 21.9 Å². The van der Waals surface area contributed by atoms with Crippen LogP contribution in [0.4, 0.5) is 0 Å². The zero-order valence-corrected chi connectivity index (χ0v) is 22.8. The van der Waals surface area contributed by atoms with Crippen LogP contribution in [0.5, 0.6) is 5.75 Å². The molecule has 5 heterocycles. The fourth-order valence-electron chi connectivity index (χ4n) is 7.57. The standard InChI is InChI=1S/C38H21N3O2/c1-5-11-30-22(7-1)24-17-20(13-15-32(24)42-30)21-18-25-34-29(14-16-33-35(34)23-8-2-6-12-31(23)43-33)41-37(25)26(19-21)36-38(41)40-28-10-4-3-9-27(28)39-36/h1-15,17-19,33H,16H2. The fraction of sp³-hybridized carbons (Fsp3) is 0.0526. The van der Waals surface area contributed by atoms with Crippen LogP contribution in [0.25, 0.3) is 83.2 Å². The summed E-state index contributed by atoms with van der Waals surface area (Å²) in [6.07, 6.45) is 3.15. The van der Waals surface area contributed by atoms with Crippen LogP contribution in [-0.4, -0.2) is 20.5 Å². The first kappa shape index (κ1) is 22.0. The number of rotatable bonds is 1. The van der Waals surface area contributed by atoms with Gasteiger partial charge < -0.3 is 9.15 Å². The number of furan rings is 1. The van der Waals surface area contributed by atoms with Crippen LogP contribution in [-0.2, 0) is 0 Å². The van der Waals surface area contributed by atoms with Crippen LogP contribution in [0.1, 0.15) is 12.0 Å². The van der Waals surface area contributed by atoms with Gasteiger partial charge in [0.15, 0.2) is 5.65 Å². The van der Waals surface area contributed by atoms with Gasteiger partial charge in [-0.05, 0) is 59.7 Å². The van der Waals surface area contributed by atoms with E-state index in [2.05, 4.69) is 77.2 Å². The average molecular weight is 552 g/mol. The van der Waals surface area contributed by atoms with Gasteiger partial charge in [-0.2, -0.15) is 0 Å². The van der Waals surface area contributed by atoms with Crippen molar-refractivity contribution in [2.45, 2.75) is 12.5 Å². The Morgan fingerprint density at radius 3 is 2.40 bits per heavy atom. The minimum Gasteiger partial charge on any atom is -0.485 e. The highest BCUT2D eigenvalue weighted by Crippen LogP contribution is 2.41. The van der Waals surface area contributed by atoms with E-state index < -0.39 is 0 Å². The van der Waals surface area contributed by atoms with Gasteiger partial charge in [-0.1, -0.05) is 60.7 Å². The number of benzene rings is 5. The van der Waals surface area contributed by atoms with Crippen LogP contribution in [0.2, 0.25) is 0 Å². The zero-order chi connectivity index (χ0) is 27.8. The van der Waals surface area contributed by atoms with E-state index in [1.165, 1.54) is 32.6 Å². The first-order chi connectivity index (χ1) is 21.3. The van der Waals surface area contributed by atoms with Crippen molar-refractivity contribution < 1.29 is 9.15 Å². The first-order valence-electron chi connectivity index (χ1n) is 14.7. The second-order valence-corrected chi connectivity index (χ2v) is 11.7. The summed E-state index contributed by atoms with van der Waals surface area (Å²) in [7, 11) is 0. The molecule has 5 aromatic carbocycles. The SMILES string of the molecule is C1=c2c(c3cc(-c4ccc5oc6ccccc6c5c4)cc4c5nc6ccccc6nc5n2c34)=C2c3ccccc3OC2C1. The van der Waals surface area contributed by atoms with E-state index in [1.54, 1.807) is 0 Å². The molecule has 0 spiro atoms. The van der Waals surface area contributed by atoms with Crippen LogP contribution in [0.3, 0.4) is 0 Å². The van der Waals surface area contributed by atoms with Gasteiger partial charge in [0.2, 0.25) is 0 Å². The molecule has 0 saturated heterocycles. The van der Waals surface area contributed by atoms with Crippen molar-refractivity contribution in [1.82, 2.24) is 14.4 Å². The van der Waals surface area contributed by atoms with E-state index in [0.29, 0.717) is 0 Å². The van der Waals surface area contributed by atoms with Crippen LogP contribution in [0, 0.1) is 0 Å². The Morgan fingerprint density at radius 2 is 1.44 bits per heavy atom. The summed E-state index contributed by atoms with van der Waals surface area (Å²) >= 11 is 0. The minimum absolute atomic E-state index is 0.00582. The Morgan fingerprint density at radius 1 is 0.674 bits per heavy atom. The lowest BCUT2D eigenvalue weighted by Crippen LogP contribution is -2.36. The molecule has 0 bridgehead atoms. The molecule has 1 unspecified atom stereocenters. The van der Waals surface area contributed by atoms with E-state index in [-0.39, 0.29) is 6.10 Å². The molecule has 0 N–H and O–H groups in total. The third kappa shape index (κ3) is 2.72. The van der Waals surface area contributed by atoms with Gasteiger partial charge in [0.25, 0.3) is 0 Å². The van der Waals surface area contributed by atoms with Crippen LogP contribution >= 0.6 is 0 Å². The molecule has 4 aromatic heterocycles. The molecule has 43 heavy (non-hydrogen) atoms. The largest absolute Gasteiger partial charge is 0.485 e. The summed E-state index contributed by atoms with van der Waals surface area (Å²) in [6.45, 7) is 0. The molecule has 1 aliphatic heterocycles. The maximum Gasteiger partial charge on any atom is 0.165 e. The quantitative estimate of drug-likeness (QED) is 0.214. The van der Waals surface area contributed by atoms with Crippen molar-refractivity contribution in [2.24, 2.45) is 0 Å². The fourth-order valence-corrected chi connectivity index (χ4v) is 7.57. The normalized spacial score (nSPS) is 15.9. The third-order valence-corrected chi connectivity index (χ3v) is 9.39. The number of hydrogen-bond donors (Lipinski definition) is 0. The second-order valence-electron chi connectivity index (χ2n) is 11.7. The highest BCUT2D eigenvalue weighted by atomic mass is 16.5. The molecular weight excluding hydrogens is 530 g/mol. The van der Waals surface area contributed by atoms with Gasteiger partial charge in [0.1, 0.15) is 28.5 Å². The summed E-state index contributed by atoms with van der Waals surface area (Å²) in [5, 5.41) is 7.00. The topological polar surface area (TPSA) is 52.6 Å². The summed E-state index contributed by atoms with van der Waals surface area (Å²) < 4.78 is 15.0. The molecule has 1 atom stereocenters. The Labute approximate surface area is 243 Å². The molecule has 9 aromatic rings. The molecular formula is C38H21N3O2. The molecule has 0 fully saturated rings. The molecule has 0 radical (unpaired) electrons. The summed E-state index contributed by atoms with van der Waals surface area (Å²) in [6, 6.07) is 36.0. The maximum atomic E-state index is 6.48. The molecule has 0 saturated carbocycles. The average Bonchev–Trinajstić information content (AvgIpc) is 3.79. The predicted octanol–water partition coefficient (Wildman–Crippen LogP) is 7.34. The summed E-state index contributed by atoms with van der Waals surface area (Å²) in [5.74, 6) is 0.960. The third-order valence-electron chi connectivity index (χ3n) is 9.39. The predicted molar refractivity (Wildman–Crippen MR) is 171 cm³/mol. The summed E-state index contributed by atoms with van der Waals surface area (Å²) in [5.41, 5.74) is 11.4. The van der Waals surface area contributed by atoms with E-state index >= 15 is 0 Å². The van der Waals surface area contributed by atoms with Crippen LogP contribution in [0.15, 0.2) is 108 Å². The van der Waals surface area contributed by atoms with Crippen molar-refractivity contribution in [3.63, 3.8) is 0 Å². The van der Waals surface area contributed by atoms with E-state index in [9.17, 15) is 0 Å². The molecule has 0 amide bonds. The molecule has 1 aliphatic carbocycles. The number of fused-ring (bicyclic) bond motifs is 13. The Hall–Kier alpha value is -5.68. The smallest absolute Gasteiger partial charge is 0.165 e. The van der Waals surface area contributed by atoms with Gasteiger partial charge in [0, 0.05) is 44.3 Å². The van der Waals surface area contributed by atoms with Gasteiger partial charge in [-0.25, -0.2) is 9.97 Å². The molecule has 200 valence electrons. The Kier molecular flexibility index (Phi) is 3.88. The molecule has 2 aliphatic rings. The zero-order valence-electron chi connectivity index (χ0n) is 22.8. The number of nitrogens with zero attached hydrogens (tertiary/aromatic N) is 3. The lowest BCUT2D eigenvalue weighted by molar-refractivity contribution is 0.282. The number of para-hydroxylation sites is 4. The number of ether oxygens (including phenoxy) is 1. The lowest BCUT2D eigenvalue weighted by atomic mass is 9.92. The van der Waals surface area contributed by atoms with E-state index in [0.717, 1.165) is 72.8 Å². The second kappa shape index (κ2) is 7.58. The highest BCUT2D eigenvalue weighted by Gasteiger charge is 2.33. The van der Waals surface area contributed by atoms with Gasteiger partial charge in [-0.15, -0.1) is 0 Å². The van der Waals surface area contributed by atoms with Gasteiger partial charge >= 0.3 is 0 Å². The van der Waals surface area contributed by atoms with Crippen LogP contribution < -0.4 is 15.3 Å². The lowest BCUT2D eigenvalue weighted by Gasteiger charge is -2.13. The molecule has 5 nitrogen and oxygen atoms in total. The Balaban J connectivity index is 1.33. The van der Waals surface area contributed by atoms with E-state index in [1.807, 2.05) is 36.4 Å². The van der Waals surface area contributed by atoms with Crippen molar-refractivity contribution in [1.29, 1.82) is 0 Å². The highest BCUT2D eigenvalue weighted by molar-refractivity contribution is 6.16. The number of aromatic nitrogens is 3. The van der Waals surface area contributed by atoms with E-state index in [4.69, 9.17) is 19.1 Å². The maximum absolute atomic E-state index is 6.48. The minimum atomic E-state index is 0.00582. The molecule has 11 rings (SSSR count). The van der Waals surface area contributed by atoms with Crippen molar-refractivity contribution in [3.8, 4) is 16.9 Å². The monoisotopic (exact) mass is 551 g/mol. The Bertz CT molecular complexity index is 2800. The van der Waals surface area contributed by atoms with Crippen molar-refractivity contribution >= 4 is 72.1 Å². The van der Waals surface area contributed by atoms with Crippen molar-refractivity contribution in [3.05, 3.63) is 119 Å².